The molecule has 8 heteroatoms. The summed E-state index contributed by atoms with van der Waals surface area (Å²) in [6.45, 7) is 5.55. The highest BCUT2D eigenvalue weighted by Crippen LogP contribution is 2.23. The Labute approximate surface area is 149 Å². The molecule has 0 aliphatic heterocycles. The van der Waals surface area contributed by atoms with E-state index in [1.54, 1.807) is 42.1 Å². The number of pyridine rings is 1. The summed E-state index contributed by atoms with van der Waals surface area (Å²) in [6, 6.07) is 7.91. The quantitative estimate of drug-likeness (QED) is 0.394. The summed E-state index contributed by atoms with van der Waals surface area (Å²) >= 11 is 0. The van der Waals surface area contributed by atoms with Crippen molar-refractivity contribution in [3.63, 3.8) is 0 Å². The van der Waals surface area contributed by atoms with Crippen molar-refractivity contribution in [1.29, 1.82) is 0 Å². The number of nitro benzene ring substituents is 1. The minimum absolute atomic E-state index is 0.0796. The number of para-hydroxylation sites is 1. The fourth-order valence-electron chi connectivity index (χ4n) is 2.72. The van der Waals surface area contributed by atoms with E-state index in [4.69, 9.17) is 4.74 Å². The van der Waals surface area contributed by atoms with Crippen molar-refractivity contribution < 1.29 is 14.5 Å². The summed E-state index contributed by atoms with van der Waals surface area (Å²) in [5.41, 5.74) is 1.88. The largest absolute Gasteiger partial charge is 0.457 e. The highest BCUT2D eigenvalue weighted by molar-refractivity contribution is 6.02. The molecule has 0 radical (unpaired) electrons. The number of aryl methyl sites for hydroxylation is 1. The Bertz CT molecular complexity index is 994. The number of benzene rings is 1. The van der Waals surface area contributed by atoms with E-state index in [0.29, 0.717) is 27.9 Å². The van der Waals surface area contributed by atoms with Crippen LogP contribution in [0.3, 0.4) is 0 Å². The number of hydrogen-bond donors (Lipinski definition) is 0. The number of carbonyl (C=O) groups excluding carboxylic acids is 1. The van der Waals surface area contributed by atoms with Gasteiger partial charge in [0.1, 0.15) is 6.61 Å². The van der Waals surface area contributed by atoms with Crippen molar-refractivity contribution in [2.24, 2.45) is 0 Å². The number of aromatic nitrogens is 3. The zero-order chi connectivity index (χ0) is 18.8. The molecule has 1 aromatic carbocycles. The van der Waals surface area contributed by atoms with Gasteiger partial charge in [-0.2, -0.15) is 5.10 Å². The first kappa shape index (κ1) is 17.5. The zero-order valence-electron chi connectivity index (χ0n) is 14.7. The van der Waals surface area contributed by atoms with E-state index in [-0.39, 0.29) is 18.3 Å². The molecule has 0 amide bonds. The summed E-state index contributed by atoms with van der Waals surface area (Å²) in [4.78, 5) is 27.6. The molecule has 3 aromatic rings. The molecular formula is C18H18N4O4. The van der Waals surface area contributed by atoms with Crippen molar-refractivity contribution in [3.8, 4) is 0 Å². The van der Waals surface area contributed by atoms with Crippen LogP contribution in [0, 0.1) is 17.0 Å². The molecule has 134 valence electrons. The van der Waals surface area contributed by atoms with Crippen molar-refractivity contribution in [2.45, 2.75) is 33.4 Å². The second-order valence-corrected chi connectivity index (χ2v) is 6.19. The van der Waals surface area contributed by atoms with Gasteiger partial charge in [-0.25, -0.2) is 14.5 Å². The van der Waals surface area contributed by atoms with E-state index >= 15 is 0 Å². The van der Waals surface area contributed by atoms with Gasteiger partial charge in [0.2, 0.25) is 0 Å². The van der Waals surface area contributed by atoms with E-state index in [9.17, 15) is 14.9 Å². The normalized spacial score (nSPS) is 11.1. The maximum absolute atomic E-state index is 12.6. The predicted octanol–water partition coefficient (Wildman–Crippen LogP) is 3.59. The van der Waals surface area contributed by atoms with E-state index in [1.165, 1.54) is 6.07 Å². The topological polar surface area (TPSA) is 100 Å². The Morgan fingerprint density at radius 2 is 2.08 bits per heavy atom. The molecule has 0 atom stereocenters. The smallest absolute Gasteiger partial charge is 0.339 e. The third-order valence-corrected chi connectivity index (χ3v) is 3.95. The van der Waals surface area contributed by atoms with Crippen LogP contribution in [0.1, 0.15) is 41.5 Å². The molecule has 3 rings (SSSR count). The molecule has 0 bridgehead atoms. The van der Waals surface area contributed by atoms with Gasteiger partial charge in [0.05, 0.1) is 27.6 Å². The monoisotopic (exact) mass is 354 g/mol. The van der Waals surface area contributed by atoms with Crippen LogP contribution in [0.5, 0.6) is 0 Å². The van der Waals surface area contributed by atoms with Gasteiger partial charge in [0, 0.05) is 17.8 Å². The Kier molecular flexibility index (Phi) is 4.66. The number of ether oxygens (including phenoxy) is 1. The molecule has 0 saturated heterocycles. The first-order chi connectivity index (χ1) is 12.4. The lowest BCUT2D eigenvalue weighted by atomic mass is 10.1. The summed E-state index contributed by atoms with van der Waals surface area (Å²) in [5.74, 6) is -0.568. The standard InChI is InChI=1S/C18H18N4O4/c1-11(2)21-17-15(9-19-21)14(8-12(3)20-17)18(23)26-10-13-6-4-5-7-16(13)22(24)25/h4-9,11H,10H2,1-3H3. The Morgan fingerprint density at radius 3 is 2.77 bits per heavy atom. The van der Waals surface area contributed by atoms with Gasteiger partial charge in [-0.1, -0.05) is 12.1 Å². The molecule has 2 aromatic heterocycles. The molecular weight excluding hydrogens is 336 g/mol. The first-order valence-corrected chi connectivity index (χ1v) is 8.12. The number of carbonyl (C=O) groups is 1. The van der Waals surface area contributed by atoms with Crippen molar-refractivity contribution in [3.05, 3.63) is 63.5 Å². The summed E-state index contributed by atoms with van der Waals surface area (Å²) in [7, 11) is 0. The van der Waals surface area contributed by atoms with Crippen LogP contribution in [0.4, 0.5) is 5.69 Å². The van der Waals surface area contributed by atoms with Gasteiger partial charge >= 0.3 is 5.97 Å². The third kappa shape index (κ3) is 3.26. The average molecular weight is 354 g/mol. The fraction of sp³-hybridized carbons (Fsp3) is 0.278. The average Bonchev–Trinajstić information content (AvgIpc) is 3.02. The van der Waals surface area contributed by atoms with Gasteiger partial charge < -0.3 is 4.74 Å². The zero-order valence-corrected chi connectivity index (χ0v) is 14.7. The molecule has 0 unspecified atom stereocenters. The van der Waals surface area contributed by atoms with E-state index in [2.05, 4.69) is 10.1 Å². The number of esters is 1. The van der Waals surface area contributed by atoms with Crippen LogP contribution in [0.25, 0.3) is 11.0 Å². The predicted molar refractivity (Wildman–Crippen MR) is 94.9 cm³/mol. The molecule has 0 N–H and O–H groups in total. The van der Waals surface area contributed by atoms with Gasteiger partial charge in [0.15, 0.2) is 5.65 Å². The van der Waals surface area contributed by atoms with Crippen LogP contribution in [0.15, 0.2) is 36.5 Å². The van der Waals surface area contributed by atoms with E-state index in [1.807, 2.05) is 13.8 Å². The maximum atomic E-state index is 12.6. The second kappa shape index (κ2) is 6.91. The summed E-state index contributed by atoms with van der Waals surface area (Å²) in [5, 5.41) is 16.0. The van der Waals surface area contributed by atoms with Gasteiger partial charge in [-0.05, 0) is 32.9 Å². The molecule has 0 aliphatic carbocycles. The minimum atomic E-state index is -0.568. The number of fused-ring (bicyclic) bond motifs is 1. The van der Waals surface area contributed by atoms with Crippen LogP contribution < -0.4 is 0 Å². The highest BCUT2D eigenvalue weighted by Gasteiger charge is 2.19. The molecule has 0 fully saturated rings. The fourth-order valence-corrected chi connectivity index (χ4v) is 2.72. The maximum Gasteiger partial charge on any atom is 0.339 e. The Morgan fingerprint density at radius 1 is 1.35 bits per heavy atom. The lowest BCUT2D eigenvalue weighted by Gasteiger charge is -2.09. The summed E-state index contributed by atoms with van der Waals surface area (Å²) < 4.78 is 7.07. The number of rotatable bonds is 5. The third-order valence-electron chi connectivity index (χ3n) is 3.95. The second-order valence-electron chi connectivity index (χ2n) is 6.19. The lowest BCUT2D eigenvalue weighted by Crippen LogP contribution is -2.09. The van der Waals surface area contributed by atoms with Crippen LogP contribution in [-0.2, 0) is 11.3 Å². The van der Waals surface area contributed by atoms with E-state index < -0.39 is 10.9 Å². The van der Waals surface area contributed by atoms with Gasteiger partial charge in [0.25, 0.3) is 5.69 Å². The SMILES string of the molecule is Cc1cc(C(=O)OCc2ccccc2[N+](=O)[O-])c2cnn(C(C)C)c2n1. The highest BCUT2D eigenvalue weighted by atomic mass is 16.6. The molecule has 0 aliphatic rings. The van der Waals surface area contributed by atoms with Crippen LogP contribution >= 0.6 is 0 Å². The Hall–Kier alpha value is -3.29. The van der Waals surface area contributed by atoms with Crippen LogP contribution in [-0.4, -0.2) is 25.7 Å². The lowest BCUT2D eigenvalue weighted by molar-refractivity contribution is -0.385. The molecule has 2 heterocycles. The number of nitrogens with zero attached hydrogens (tertiary/aromatic N) is 4. The van der Waals surface area contributed by atoms with Gasteiger partial charge in [-0.15, -0.1) is 0 Å². The van der Waals surface area contributed by atoms with Crippen LogP contribution in [0.2, 0.25) is 0 Å². The molecule has 0 spiro atoms. The number of hydrogen-bond acceptors (Lipinski definition) is 6. The van der Waals surface area contributed by atoms with Crippen molar-refractivity contribution in [2.75, 3.05) is 0 Å². The minimum Gasteiger partial charge on any atom is -0.457 e. The number of nitro groups is 1. The Balaban J connectivity index is 1.90. The van der Waals surface area contributed by atoms with Crippen molar-refractivity contribution >= 4 is 22.7 Å². The molecule has 8 nitrogen and oxygen atoms in total. The first-order valence-electron chi connectivity index (χ1n) is 8.12. The molecule has 26 heavy (non-hydrogen) atoms. The van der Waals surface area contributed by atoms with Crippen molar-refractivity contribution in [1.82, 2.24) is 14.8 Å². The summed E-state index contributed by atoms with van der Waals surface area (Å²) in [6.07, 6.45) is 1.59. The van der Waals surface area contributed by atoms with E-state index in [0.717, 1.165) is 0 Å². The molecule has 0 saturated carbocycles. The van der Waals surface area contributed by atoms with Gasteiger partial charge in [-0.3, -0.25) is 10.1 Å².